The lowest BCUT2D eigenvalue weighted by molar-refractivity contribution is 0.496. The third-order valence-corrected chi connectivity index (χ3v) is 1.90. The van der Waals surface area contributed by atoms with Crippen LogP contribution in [0.25, 0.3) is 11.0 Å². The number of nitrogens with one attached hydrogen (secondary N) is 1. The van der Waals surface area contributed by atoms with E-state index in [1.54, 1.807) is 6.20 Å². The standard InChI is InChI=1S/C9H9FN2/c10-4-3-7-6-12-9-8(7)2-1-5-11-9/h1-2,5-6H,3-4H2,(H,11,12). The first kappa shape index (κ1) is 7.28. The van der Waals surface area contributed by atoms with Crippen LogP contribution in [0.1, 0.15) is 5.56 Å². The second-order valence-corrected chi connectivity index (χ2v) is 2.65. The van der Waals surface area contributed by atoms with E-state index in [1.165, 1.54) is 0 Å². The summed E-state index contributed by atoms with van der Waals surface area (Å²) >= 11 is 0. The molecule has 0 saturated carbocycles. The molecular weight excluding hydrogens is 155 g/mol. The number of hydrogen-bond acceptors (Lipinski definition) is 1. The summed E-state index contributed by atoms with van der Waals surface area (Å²) in [6, 6.07) is 3.81. The predicted molar refractivity (Wildman–Crippen MR) is 45.8 cm³/mol. The molecule has 0 aliphatic carbocycles. The van der Waals surface area contributed by atoms with Crippen molar-refractivity contribution in [3.05, 3.63) is 30.1 Å². The highest BCUT2D eigenvalue weighted by atomic mass is 19.1. The van der Waals surface area contributed by atoms with Crippen molar-refractivity contribution < 1.29 is 4.39 Å². The molecule has 0 bridgehead atoms. The van der Waals surface area contributed by atoms with Gasteiger partial charge in [-0.15, -0.1) is 0 Å². The molecule has 0 aliphatic rings. The Morgan fingerprint density at radius 1 is 1.50 bits per heavy atom. The topological polar surface area (TPSA) is 28.7 Å². The Morgan fingerprint density at radius 2 is 2.42 bits per heavy atom. The Hall–Kier alpha value is -1.38. The molecule has 2 nitrogen and oxygen atoms in total. The van der Waals surface area contributed by atoms with E-state index in [0.29, 0.717) is 6.42 Å². The van der Waals surface area contributed by atoms with E-state index in [2.05, 4.69) is 9.97 Å². The van der Waals surface area contributed by atoms with Crippen molar-refractivity contribution in [2.75, 3.05) is 6.67 Å². The number of halogens is 1. The fourth-order valence-electron chi connectivity index (χ4n) is 1.32. The Balaban J connectivity index is 2.55. The Labute approximate surface area is 69.4 Å². The van der Waals surface area contributed by atoms with Crippen molar-refractivity contribution in [2.24, 2.45) is 0 Å². The first-order valence-corrected chi connectivity index (χ1v) is 3.89. The number of alkyl halides is 1. The van der Waals surface area contributed by atoms with Crippen molar-refractivity contribution in [1.29, 1.82) is 0 Å². The van der Waals surface area contributed by atoms with Gasteiger partial charge < -0.3 is 4.98 Å². The molecule has 12 heavy (non-hydrogen) atoms. The van der Waals surface area contributed by atoms with E-state index in [-0.39, 0.29) is 6.67 Å². The second kappa shape index (κ2) is 2.93. The predicted octanol–water partition coefficient (Wildman–Crippen LogP) is 2.07. The third kappa shape index (κ3) is 1.07. The molecule has 2 aromatic rings. The van der Waals surface area contributed by atoms with Crippen LogP contribution in [-0.2, 0) is 6.42 Å². The molecule has 1 N–H and O–H groups in total. The van der Waals surface area contributed by atoms with Gasteiger partial charge in [0.25, 0.3) is 0 Å². The summed E-state index contributed by atoms with van der Waals surface area (Å²) < 4.78 is 12.0. The average molecular weight is 164 g/mol. The molecule has 0 fully saturated rings. The lowest BCUT2D eigenvalue weighted by Crippen LogP contribution is -1.83. The van der Waals surface area contributed by atoms with Gasteiger partial charge in [0.2, 0.25) is 0 Å². The van der Waals surface area contributed by atoms with Crippen molar-refractivity contribution in [3.8, 4) is 0 Å². The van der Waals surface area contributed by atoms with E-state index in [1.807, 2.05) is 18.3 Å². The number of aromatic amines is 1. The number of hydrogen-bond donors (Lipinski definition) is 1. The highest BCUT2D eigenvalue weighted by Gasteiger charge is 2.01. The summed E-state index contributed by atoms with van der Waals surface area (Å²) in [7, 11) is 0. The zero-order valence-electron chi connectivity index (χ0n) is 6.55. The minimum atomic E-state index is -0.318. The molecule has 62 valence electrons. The monoisotopic (exact) mass is 164 g/mol. The van der Waals surface area contributed by atoms with Crippen LogP contribution in [0.2, 0.25) is 0 Å². The van der Waals surface area contributed by atoms with Gasteiger partial charge in [-0.1, -0.05) is 0 Å². The molecule has 0 aliphatic heterocycles. The first-order valence-electron chi connectivity index (χ1n) is 3.89. The Morgan fingerprint density at radius 3 is 3.25 bits per heavy atom. The smallest absolute Gasteiger partial charge is 0.137 e. The molecular formula is C9H9FN2. The molecule has 0 radical (unpaired) electrons. The van der Waals surface area contributed by atoms with Gasteiger partial charge in [-0.25, -0.2) is 4.98 Å². The van der Waals surface area contributed by atoms with Crippen LogP contribution in [0.4, 0.5) is 4.39 Å². The SMILES string of the molecule is FCCc1c[nH]c2ncccc12. The summed E-state index contributed by atoms with van der Waals surface area (Å²) in [6.07, 6.45) is 4.00. The maximum Gasteiger partial charge on any atom is 0.137 e. The van der Waals surface area contributed by atoms with Gasteiger partial charge >= 0.3 is 0 Å². The van der Waals surface area contributed by atoms with Gasteiger partial charge in [0.15, 0.2) is 0 Å². The number of rotatable bonds is 2. The molecule has 0 spiro atoms. The number of fused-ring (bicyclic) bond motifs is 1. The van der Waals surface area contributed by atoms with E-state index < -0.39 is 0 Å². The van der Waals surface area contributed by atoms with Gasteiger partial charge in [0.1, 0.15) is 5.65 Å². The normalized spacial score (nSPS) is 10.8. The quantitative estimate of drug-likeness (QED) is 0.723. The van der Waals surface area contributed by atoms with Crippen LogP contribution in [0.5, 0.6) is 0 Å². The molecule has 2 rings (SSSR count). The number of pyridine rings is 1. The largest absolute Gasteiger partial charge is 0.346 e. The molecule has 0 atom stereocenters. The highest BCUT2D eigenvalue weighted by Crippen LogP contribution is 2.15. The van der Waals surface area contributed by atoms with Gasteiger partial charge in [0, 0.05) is 24.2 Å². The van der Waals surface area contributed by atoms with Gasteiger partial charge in [-0.2, -0.15) is 0 Å². The molecule has 0 unspecified atom stereocenters. The van der Waals surface area contributed by atoms with Gasteiger partial charge in [-0.3, -0.25) is 4.39 Å². The third-order valence-electron chi connectivity index (χ3n) is 1.90. The maximum absolute atomic E-state index is 12.0. The van der Waals surface area contributed by atoms with Crippen LogP contribution >= 0.6 is 0 Å². The second-order valence-electron chi connectivity index (χ2n) is 2.65. The van der Waals surface area contributed by atoms with Crippen LogP contribution in [-0.4, -0.2) is 16.6 Å². The number of aromatic nitrogens is 2. The van der Waals surface area contributed by atoms with Gasteiger partial charge in [0.05, 0.1) is 6.67 Å². The van der Waals surface area contributed by atoms with E-state index in [4.69, 9.17) is 0 Å². The first-order chi connectivity index (χ1) is 5.92. The van der Waals surface area contributed by atoms with Crippen LogP contribution in [0, 0.1) is 0 Å². The molecule has 2 aromatic heterocycles. The molecule has 2 heterocycles. The average Bonchev–Trinajstić information content (AvgIpc) is 2.50. The van der Waals surface area contributed by atoms with Gasteiger partial charge in [-0.05, 0) is 17.7 Å². The zero-order chi connectivity index (χ0) is 8.39. The summed E-state index contributed by atoms with van der Waals surface area (Å²) in [5, 5.41) is 1.02. The summed E-state index contributed by atoms with van der Waals surface area (Å²) in [4.78, 5) is 7.10. The Kier molecular flexibility index (Phi) is 1.78. The summed E-state index contributed by atoms with van der Waals surface area (Å²) in [5.41, 5.74) is 1.83. The fraction of sp³-hybridized carbons (Fsp3) is 0.222. The van der Waals surface area contributed by atoms with Crippen molar-refractivity contribution in [3.63, 3.8) is 0 Å². The molecule has 0 aromatic carbocycles. The molecule has 0 saturated heterocycles. The summed E-state index contributed by atoms with van der Waals surface area (Å²) in [6.45, 7) is -0.318. The Bertz CT molecular complexity index is 381. The number of nitrogens with zero attached hydrogens (tertiary/aromatic N) is 1. The molecule has 3 heteroatoms. The zero-order valence-corrected chi connectivity index (χ0v) is 6.55. The molecule has 0 amide bonds. The fourth-order valence-corrected chi connectivity index (χ4v) is 1.32. The van der Waals surface area contributed by atoms with Crippen LogP contribution < -0.4 is 0 Å². The maximum atomic E-state index is 12.0. The summed E-state index contributed by atoms with van der Waals surface area (Å²) in [5.74, 6) is 0. The van der Waals surface area contributed by atoms with Crippen molar-refractivity contribution >= 4 is 11.0 Å². The van der Waals surface area contributed by atoms with Crippen LogP contribution in [0.15, 0.2) is 24.5 Å². The van der Waals surface area contributed by atoms with Crippen molar-refractivity contribution in [2.45, 2.75) is 6.42 Å². The lowest BCUT2D eigenvalue weighted by Gasteiger charge is -1.91. The minimum absolute atomic E-state index is 0.318. The van der Waals surface area contributed by atoms with Crippen molar-refractivity contribution in [1.82, 2.24) is 9.97 Å². The number of aryl methyl sites for hydroxylation is 1. The van der Waals surface area contributed by atoms with Crippen LogP contribution in [0.3, 0.4) is 0 Å². The number of H-pyrrole nitrogens is 1. The lowest BCUT2D eigenvalue weighted by atomic mass is 10.2. The highest BCUT2D eigenvalue weighted by molar-refractivity contribution is 5.79. The van der Waals surface area contributed by atoms with E-state index >= 15 is 0 Å². The minimum Gasteiger partial charge on any atom is -0.346 e. The van der Waals surface area contributed by atoms with E-state index in [0.717, 1.165) is 16.6 Å². The van der Waals surface area contributed by atoms with E-state index in [9.17, 15) is 4.39 Å².